The van der Waals surface area contributed by atoms with Crippen molar-refractivity contribution in [2.45, 2.75) is 45.2 Å². The van der Waals surface area contributed by atoms with Crippen LogP contribution in [-0.4, -0.2) is 30.1 Å². The SMILES string of the molecule is CC(C)Cc1ccc(CN2CCN(c3ccccc3F)CC23CC3)cc1. The van der Waals surface area contributed by atoms with Crippen LogP contribution in [0.15, 0.2) is 48.5 Å². The maximum Gasteiger partial charge on any atom is 0.146 e. The Morgan fingerprint density at radius 2 is 1.65 bits per heavy atom. The monoisotopic (exact) mass is 352 g/mol. The van der Waals surface area contributed by atoms with E-state index < -0.39 is 0 Å². The van der Waals surface area contributed by atoms with E-state index in [9.17, 15) is 4.39 Å². The second-order valence-electron chi connectivity index (χ2n) is 8.43. The molecule has 26 heavy (non-hydrogen) atoms. The highest BCUT2D eigenvalue weighted by Gasteiger charge is 2.51. The normalized spacial score (nSPS) is 19.3. The molecule has 2 aromatic rings. The van der Waals surface area contributed by atoms with Gasteiger partial charge in [0.05, 0.1) is 5.69 Å². The second-order valence-corrected chi connectivity index (χ2v) is 8.43. The van der Waals surface area contributed by atoms with Gasteiger partial charge in [-0.05, 0) is 48.4 Å². The number of hydrogen-bond acceptors (Lipinski definition) is 2. The first kappa shape index (κ1) is 17.5. The summed E-state index contributed by atoms with van der Waals surface area (Å²) in [6.07, 6.45) is 3.60. The van der Waals surface area contributed by atoms with E-state index in [-0.39, 0.29) is 11.4 Å². The van der Waals surface area contributed by atoms with Gasteiger partial charge in [-0.3, -0.25) is 4.90 Å². The van der Waals surface area contributed by atoms with E-state index in [4.69, 9.17) is 0 Å². The fourth-order valence-corrected chi connectivity index (χ4v) is 4.26. The lowest BCUT2D eigenvalue weighted by Gasteiger charge is -2.43. The highest BCUT2D eigenvalue weighted by molar-refractivity contribution is 5.49. The summed E-state index contributed by atoms with van der Waals surface area (Å²) >= 11 is 0. The Balaban J connectivity index is 1.43. The first-order chi connectivity index (χ1) is 12.6. The third-order valence-electron chi connectivity index (χ3n) is 5.86. The Hall–Kier alpha value is -1.87. The maximum absolute atomic E-state index is 14.2. The van der Waals surface area contributed by atoms with Crippen LogP contribution in [-0.2, 0) is 13.0 Å². The first-order valence-corrected chi connectivity index (χ1v) is 9.88. The Bertz CT molecular complexity index is 749. The van der Waals surface area contributed by atoms with Crippen molar-refractivity contribution in [3.05, 3.63) is 65.5 Å². The van der Waals surface area contributed by atoms with Gasteiger partial charge in [0.15, 0.2) is 0 Å². The van der Waals surface area contributed by atoms with E-state index in [2.05, 4.69) is 47.9 Å². The quantitative estimate of drug-likeness (QED) is 0.757. The molecule has 1 spiro atoms. The van der Waals surface area contributed by atoms with Crippen LogP contribution in [0.1, 0.15) is 37.8 Å². The van der Waals surface area contributed by atoms with Gasteiger partial charge in [-0.1, -0.05) is 50.2 Å². The summed E-state index contributed by atoms with van der Waals surface area (Å²) in [5.74, 6) is 0.597. The van der Waals surface area contributed by atoms with Gasteiger partial charge in [-0.2, -0.15) is 0 Å². The van der Waals surface area contributed by atoms with Crippen LogP contribution in [0.5, 0.6) is 0 Å². The van der Waals surface area contributed by atoms with Gasteiger partial charge in [-0.15, -0.1) is 0 Å². The van der Waals surface area contributed by atoms with Gasteiger partial charge >= 0.3 is 0 Å². The van der Waals surface area contributed by atoms with Crippen LogP contribution < -0.4 is 4.90 Å². The molecule has 138 valence electrons. The molecular weight excluding hydrogens is 323 g/mol. The van der Waals surface area contributed by atoms with E-state index >= 15 is 0 Å². The molecule has 0 N–H and O–H groups in total. The van der Waals surface area contributed by atoms with Gasteiger partial charge in [0.1, 0.15) is 5.82 Å². The minimum absolute atomic E-state index is 0.0995. The number of piperazine rings is 1. The molecule has 2 nitrogen and oxygen atoms in total. The van der Waals surface area contributed by atoms with Crippen LogP contribution in [0.4, 0.5) is 10.1 Å². The molecule has 1 saturated heterocycles. The van der Waals surface area contributed by atoms with E-state index in [0.29, 0.717) is 5.92 Å². The molecule has 1 saturated carbocycles. The zero-order chi connectivity index (χ0) is 18.1. The first-order valence-electron chi connectivity index (χ1n) is 9.88. The molecule has 2 fully saturated rings. The highest BCUT2D eigenvalue weighted by Crippen LogP contribution is 2.46. The predicted molar refractivity (Wildman–Crippen MR) is 106 cm³/mol. The van der Waals surface area contributed by atoms with Crippen molar-refractivity contribution < 1.29 is 4.39 Å². The molecular formula is C23H29FN2. The molecule has 0 aromatic heterocycles. The summed E-state index contributed by atoms with van der Waals surface area (Å²) in [6, 6.07) is 16.3. The summed E-state index contributed by atoms with van der Waals surface area (Å²) in [5.41, 5.74) is 3.82. The topological polar surface area (TPSA) is 6.48 Å². The standard InChI is InChI=1S/C23H29FN2/c1-18(2)15-19-7-9-20(10-8-19)16-26-14-13-25(17-23(26)11-12-23)22-6-4-3-5-21(22)24/h3-10,18H,11-17H2,1-2H3. The number of rotatable bonds is 5. The van der Waals surface area contributed by atoms with Gasteiger partial charge in [0, 0.05) is 31.7 Å². The molecule has 2 aromatic carbocycles. The van der Waals surface area contributed by atoms with Gasteiger partial charge < -0.3 is 4.90 Å². The molecule has 0 radical (unpaired) electrons. The van der Waals surface area contributed by atoms with Crippen molar-refractivity contribution in [1.29, 1.82) is 0 Å². The molecule has 1 aliphatic carbocycles. The van der Waals surface area contributed by atoms with Crippen molar-refractivity contribution in [3.63, 3.8) is 0 Å². The average Bonchev–Trinajstić information content (AvgIpc) is 3.38. The predicted octanol–water partition coefficient (Wildman–Crippen LogP) is 4.88. The van der Waals surface area contributed by atoms with Crippen molar-refractivity contribution in [1.82, 2.24) is 4.90 Å². The number of para-hydroxylation sites is 1. The van der Waals surface area contributed by atoms with Crippen LogP contribution in [0, 0.1) is 11.7 Å². The van der Waals surface area contributed by atoms with Crippen LogP contribution in [0.25, 0.3) is 0 Å². The van der Waals surface area contributed by atoms with Gasteiger partial charge in [0.25, 0.3) is 0 Å². The Morgan fingerprint density at radius 1 is 0.962 bits per heavy atom. The largest absolute Gasteiger partial charge is 0.366 e. The van der Waals surface area contributed by atoms with E-state index in [0.717, 1.165) is 38.3 Å². The smallest absolute Gasteiger partial charge is 0.146 e. The van der Waals surface area contributed by atoms with Crippen molar-refractivity contribution >= 4 is 5.69 Å². The molecule has 0 unspecified atom stereocenters. The molecule has 1 heterocycles. The van der Waals surface area contributed by atoms with Crippen molar-refractivity contribution in [3.8, 4) is 0 Å². The molecule has 1 aliphatic heterocycles. The van der Waals surface area contributed by atoms with Crippen molar-refractivity contribution in [2.75, 3.05) is 24.5 Å². The Kier molecular flexibility index (Phi) is 4.74. The third-order valence-corrected chi connectivity index (χ3v) is 5.86. The third kappa shape index (κ3) is 3.64. The number of anilines is 1. The van der Waals surface area contributed by atoms with Crippen LogP contribution in [0.2, 0.25) is 0 Å². The number of benzene rings is 2. The fourth-order valence-electron chi connectivity index (χ4n) is 4.26. The summed E-state index contributed by atoms with van der Waals surface area (Å²) in [5, 5.41) is 0. The molecule has 0 atom stereocenters. The molecule has 0 bridgehead atoms. The molecule has 4 rings (SSSR count). The zero-order valence-corrected chi connectivity index (χ0v) is 15.9. The number of halogens is 1. The average molecular weight is 352 g/mol. The lowest BCUT2D eigenvalue weighted by Crippen LogP contribution is -2.54. The number of hydrogen-bond donors (Lipinski definition) is 0. The molecule has 0 amide bonds. The van der Waals surface area contributed by atoms with Gasteiger partial charge in [-0.25, -0.2) is 4.39 Å². The lowest BCUT2D eigenvalue weighted by molar-refractivity contribution is 0.149. The van der Waals surface area contributed by atoms with Crippen LogP contribution >= 0.6 is 0 Å². The minimum atomic E-state index is -0.0995. The Labute approximate surface area is 156 Å². The summed E-state index contributed by atoms with van der Waals surface area (Å²) in [6.45, 7) is 8.38. The molecule has 2 aliphatic rings. The van der Waals surface area contributed by atoms with E-state index in [1.54, 1.807) is 12.1 Å². The minimum Gasteiger partial charge on any atom is -0.366 e. The van der Waals surface area contributed by atoms with Crippen molar-refractivity contribution in [2.24, 2.45) is 5.92 Å². The Morgan fingerprint density at radius 3 is 2.31 bits per heavy atom. The van der Waals surface area contributed by atoms with Gasteiger partial charge in [0.2, 0.25) is 0 Å². The number of nitrogens with zero attached hydrogens (tertiary/aromatic N) is 2. The summed E-state index contributed by atoms with van der Waals surface area (Å²) in [4.78, 5) is 4.87. The van der Waals surface area contributed by atoms with E-state index in [1.165, 1.54) is 24.0 Å². The second kappa shape index (κ2) is 7.03. The summed E-state index contributed by atoms with van der Waals surface area (Å²) in [7, 11) is 0. The highest BCUT2D eigenvalue weighted by atomic mass is 19.1. The maximum atomic E-state index is 14.2. The molecule has 3 heteroatoms. The fraction of sp³-hybridized carbons (Fsp3) is 0.478. The zero-order valence-electron chi connectivity index (χ0n) is 15.9. The van der Waals surface area contributed by atoms with E-state index in [1.807, 2.05) is 12.1 Å². The lowest BCUT2D eigenvalue weighted by atomic mass is 10.0. The summed E-state index contributed by atoms with van der Waals surface area (Å²) < 4.78 is 14.2. The van der Waals surface area contributed by atoms with Crippen LogP contribution in [0.3, 0.4) is 0 Å².